The van der Waals surface area contributed by atoms with Crippen LogP contribution in [-0.2, 0) is 19.7 Å². The van der Waals surface area contributed by atoms with Crippen LogP contribution < -0.4 is 5.32 Å². The third kappa shape index (κ3) is 2.38. The highest BCUT2D eigenvalue weighted by molar-refractivity contribution is 7.87. The van der Waals surface area contributed by atoms with Crippen LogP contribution in [0.15, 0.2) is 53.4 Å². The van der Waals surface area contributed by atoms with Gasteiger partial charge in [-0.3, -0.25) is 0 Å². The summed E-state index contributed by atoms with van der Waals surface area (Å²) in [7, 11) is -5.67. The van der Waals surface area contributed by atoms with Crippen molar-refractivity contribution in [2.45, 2.75) is 23.8 Å². The predicted molar refractivity (Wildman–Crippen MR) is 85.6 cm³/mol. The van der Waals surface area contributed by atoms with Crippen LogP contribution in [0.25, 0.3) is 6.08 Å². The minimum Gasteiger partial charge on any atom is -0.385 e. The Kier molecular flexibility index (Phi) is 3.34. The Bertz CT molecular complexity index is 944. The van der Waals surface area contributed by atoms with E-state index in [-0.39, 0.29) is 12.2 Å². The lowest BCUT2D eigenvalue weighted by Crippen LogP contribution is -2.45. The molecule has 0 amide bonds. The molecule has 4 rings (SSSR count). The van der Waals surface area contributed by atoms with Crippen LogP contribution in [0.3, 0.4) is 0 Å². The Hall–Kier alpha value is -2.22. The van der Waals surface area contributed by atoms with E-state index in [1.165, 1.54) is 6.08 Å². The monoisotopic (exact) mass is 369 g/mol. The van der Waals surface area contributed by atoms with Gasteiger partial charge in [-0.25, -0.2) is 0 Å². The molecule has 1 aliphatic heterocycles. The van der Waals surface area contributed by atoms with E-state index in [1.54, 1.807) is 6.08 Å². The zero-order valence-corrected chi connectivity index (χ0v) is 13.7. The van der Waals surface area contributed by atoms with Gasteiger partial charge >= 0.3 is 15.6 Å². The SMILES string of the molecule is O=S(=O)(OC1=CC=C2C3=Cc4ccccc4C2(CCN3)C1)C(F)(F)F. The molecule has 1 atom stereocenters. The molecule has 25 heavy (non-hydrogen) atoms. The molecule has 3 aliphatic rings. The Balaban J connectivity index is 1.79. The zero-order chi connectivity index (χ0) is 17.9. The summed E-state index contributed by atoms with van der Waals surface area (Å²) in [5.41, 5.74) is -2.20. The molecule has 1 N–H and O–H groups in total. The predicted octanol–water partition coefficient (Wildman–Crippen LogP) is 3.35. The van der Waals surface area contributed by atoms with Gasteiger partial charge < -0.3 is 9.50 Å². The average Bonchev–Trinajstić information content (AvgIpc) is 2.53. The summed E-state index contributed by atoms with van der Waals surface area (Å²) < 4.78 is 65.1. The van der Waals surface area contributed by atoms with E-state index in [1.807, 2.05) is 30.3 Å². The van der Waals surface area contributed by atoms with Crippen molar-refractivity contribution in [3.8, 4) is 0 Å². The molecular formula is C17H14F3NO3S. The third-order valence-electron chi connectivity index (χ3n) is 4.86. The number of halogens is 3. The highest BCUT2D eigenvalue weighted by atomic mass is 32.2. The van der Waals surface area contributed by atoms with Gasteiger partial charge in [0.25, 0.3) is 0 Å². The van der Waals surface area contributed by atoms with E-state index >= 15 is 0 Å². The normalized spacial score (nSPS) is 24.8. The summed E-state index contributed by atoms with van der Waals surface area (Å²) >= 11 is 0. The molecule has 1 saturated heterocycles. The van der Waals surface area contributed by atoms with Crippen LogP contribution >= 0.6 is 0 Å². The van der Waals surface area contributed by atoms with Crippen LogP contribution in [0.5, 0.6) is 0 Å². The fourth-order valence-electron chi connectivity index (χ4n) is 3.83. The molecule has 0 saturated carbocycles. The van der Waals surface area contributed by atoms with Gasteiger partial charge in [0.05, 0.1) is 0 Å². The summed E-state index contributed by atoms with van der Waals surface area (Å²) in [5, 5.41) is 3.30. The lowest BCUT2D eigenvalue weighted by atomic mass is 9.61. The maximum Gasteiger partial charge on any atom is 0.534 e. The van der Waals surface area contributed by atoms with Crippen molar-refractivity contribution in [2.24, 2.45) is 0 Å². The van der Waals surface area contributed by atoms with Crippen molar-refractivity contribution < 1.29 is 25.8 Å². The quantitative estimate of drug-likeness (QED) is 0.642. The second-order valence-electron chi connectivity index (χ2n) is 6.28. The highest BCUT2D eigenvalue weighted by Gasteiger charge is 2.51. The smallest absolute Gasteiger partial charge is 0.385 e. The highest BCUT2D eigenvalue weighted by Crippen LogP contribution is 2.52. The van der Waals surface area contributed by atoms with E-state index < -0.39 is 21.0 Å². The molecule has 1 aromatic rings. The van der Waals surface area contributed by atoms with Gasteiger partial charge in [-0.1, -0.05) is 30.3 Å². The van der Waals surface area contributed by atoms with Crippen LogP contribution in [0.2, 0.25) is 0 Å². The van der Waals surface area contributed by atoms with Crippen molar-refractivity contribution in [1.82, 2.24) is 5.32 Å². The molecule has 8 heteroatoms. The fourth-order valence-corrected chi connectivity index (χ4v) is 4.32. The van der Waals surface area contributed by atoms with Gasteiger partial charge in [-0.05, 0) is 35.3 Å². The average molecular weight is 369 g/mol. The topological polar surface area (TPSA) is 55.4 Å². The molecule has 1 fully saturated rings. The van der Waals surface area contributed by atoms with Crippen LogP contribution in [-0.4, -0.2) is 20.5 Å². The Morgan fingerprint density at radius 3 is 2.68 bits per heavy atom. The van der Waals surface area contributed by atoms with E-state index in [4.69, 9.17) is 0 Å². The summed E-state index contributed by atoms with van der Waals surface area (Å²) in [6, 6.07) is 7.63. The second-order valence-corrected chi connectivity index (χ2v) is 7.82. The third-order valence-corrected chi connectivity index (χ3v) is 5.86. The summed E-state index contributed by atoms with van der Waals surface area (Å²) in [6.45, 7) is 0.650. The molecule has 0 radical (unpaired) electrons. The van der Waals surface area contributed by atoms with Gasteiger partial charge in [-0.15, -0.1) is 0 Å². The number of alkyl halides is 3. The Labute approximate surface area is 142 Å². The molecule has 132 valence electrons. The Morgan fingerprint density at radius 1 is 1.16 bits per heavy atom. The van der Waals surface area contributed by atoms with Crippen molar-refractivity contribution in [3.63, 3.8) is 0 Å². The number of benzene rings is 1. The van der Waals surface area contributed by atoms with E-state index in [2.05, 4.69) is 9.50 Å². The first-order chi connectivity index (χ1) is 11.7. The largest absolute Gasteiger partial charge is 0.534 e. The summed E-state index contributed by atoms with van der Waals surface area (Å²) in [5.74, 6) is -0.195. The first-order valence-electron chi connectivity index (χ1n) is 7.70. The first-order valence-corrected chi connectivity index (χ1v) is 9.11. The standard InChI is InChI=1S/C17H14F3NO3S/c18-17(19,20)25(22,23)24-12-5-6-14-15-9-11-3-1-2-4-13(11)16(14,10-12)7-8-21-15/h1-6,9,21H,7-8,10H2. The molecule has 0 aromatic heterocycles. The van der Waals surface area contributed by atoms with Crippen molar-refractivity contribution in [2.75, 3.05) is 6.54 Å². The number of hydrogen-bond acceptors (Lipinski definition) is 4. The summed E-state index contributed by atoms with van der Waals surface area (Å²) in [4.78, 5) is 0. The molecule has 1 unspecified atom stereocenters. The van der Waals surface area contributed by atoms with Gasteiger partial charge in [-0.2, -0.15) is 21.6 Å². The Morgan fingerprint density at radius 2 is 1.92 bits per heavy atom. The van der Waals surface area contributed by atoms with Crippen molar-refractivity contribution in [1.29, 1.82) is 0 Å². The lowest BCUT2D eigenvalue weighted by Gasteiger charge is -2.47. The molecule has 0 spiro atoms. The van der Waals surface area contributed by atoms with Crippen LogP contribution in [0, 0.1) is 0 Å². The van der Waals surface area contributed by atoms with Crippen molar-refractivity contribution in [3.05, 3.63) is 64.6 Å². The fraction of sp³-hybridized carbons (Fsp3) is 0.294. The molecule has 1 aromatic carbocycles. The zero-order valence-electron chi connectivity index (χ0n) is 12.9. The summed E-state index contributed by atoms with van der Waals surface area (Å²) in [6.07, 6.45) is 5.68. The lowest BCUT2D eigenvalue weighted by molar-refractivity contribution is -0.0525. The molecule has 1 heterocycles. The second kappa shape index (κ2) is 5.14. The molecule has 2 aliphatic carbocycles. The minimum absolute atomic E-state index is 0.0736. The number of piperidine rings is 1. The van der Waals surface area contributed by atoms with Gasteiger partial charge in [0, 0.05) is 24.1 Å². The van der Waals surface area contributed by atoms with E-state index in [9.17, 15) is 21.6 Å². The number of rotatable bonds is 2. The molecule has 4 nitrogen and oxygen atoms in total. The minimum atomic E-state index is -5.67. The molecule has 2 bridgehead atoms. The number of nitrogens with one attached hydrogen (secondary N) is 1. The van der Waals surface area contributed by atoms with Gasteiger partial charge in [0.2, 0.25) is 0 Å². The number of fused-ring (bicyclic) bond motifs is 1. The van der Waals surface area contributed by atoms with Crippen molar-refractivity contribution >= 4 is 16.2 Å². The maximum absolute atomic E-state index is 12.6. The van der Waals surface area contributed by atoms with Gasteiger partial charge in [0.1, 0.15) is 5.76 Å². The maximum atomic E-state index is 12.6. The first kappa shape index (κ1) is 16.3. The van der Waals surface area contributed by atoms with Crippen LogP contribution in [0.4, 0.5) is 13.2 Å². The molecular weight excluding hydrogens is 355 g/mol. The van der Waals surface area contributed by atoms with Crippen LogP contribution in [0.1, 0.15) is 24.0 Å². The van der Waals surface area contributed by atoms with E-state index in [0.717, 1.165) is 22.4 Å². The number of allylic oxidation sites excluding steroid dienone is 4. The van der Waals surface area contributed by atoms with E-state index in [0.29, 0.717) is 13.0 Å². The van der Waals surface area contributed by atoms with Gasteiger partial charge in [0.15, 0.2) is 0 Å². The number of hydrogen-bond donors (Lipinski definition) is 1.